The first kappa shape index (κ1) is 21.1. The Morgan fingerprint density at radius 1 is 1.27 bits per heavy atom. The molecule has 1 aromatic carbocycles. The summed E-state index contributed by atoms with van der Waals surface area (Å²) in [6.07, 6.45) is 1.74. The van der Waals surface area contributed by atoms with Crippen molar-refractivity contribution in [2.75, 3.05) is 13.1 Å². The van der Waals surface area contributed by atoms with Gasteiger partial charge in [-0.15, -0.1) is 24.0 Å². The molecule has 0 fully saturated rings. The van der Waals surface area contributed by atoms with E-state index < -0.39 is 10.0 Å². The summed E-state index contributed by atoms with van der Waals surface area (Å²) in [4.78, 5) is 4.35. The first-order valence-electron chi connectivity index (χ1n) is 6.94. The molecule has 0 saturated heterocycles. The zero-order valence-corrected chi connectivity index (χ0v) is 16.1. The lowest BCUT2D eigenvalue weighted by Crippen LogP contribution is -2.33. The quantitative estimate of drug-likeness (QED) is 0.339. The topological polar surface area (TPSA) is 111 Å². The van der Waals surface area contributed by atoms with Crippen LogP contribution in [-0.4, -0.2) is 27.5 Å². The standard InChI is InChI=1S/C14H24N4O2S.HI/c1-11(2)7-9-17-14(15)18-10-8-12-3-5-13(6-4-12)21(16,19)20;/h3-6,11H,7-10H2,1-2H3,(H3,15,17,18)(H2,16,19,20);1H. The summed E-state index contributed by atoms with van der Waals surface area (Å²) in [5.74, 6) is 1.05. The van der Waals surface area contributed by atoms with E-state index in [0.717, 1.165) is 24.9 Å². The first-order chi connectivity index (χ1) is 9.79. The highest BCUT2D eigenvalue weighted by Gasteiger charge is 2.06. The van der Waals surface area contributed by atoms with Gasteiger partial charge < -0.3 is 11.1 Å². The number of guanidine groups is 1. The van der Waals surface area contributed by atoms with E-state index in [2.05, 4.69) is 24.2 Å². The van der Waals surface area contributed by atoms with Gasteiger partial charge in [0.05, 0.1) is 4.90 Å². The molecule has 0 radical (unpaired) electrons. The predicted molar refractivity (Wildman–Crippen MR) is 101 cm³/mol. The van der Waals surface area contributed by atoms with Crippen LogP contribution in [0.5, 0.6) is 0 Å². The summed E-state index contributed by atoms with van der Waals surface area (Å²) < 4.78 is 22.3. The zero-order chi connectivity index (χ0) is 15.9. The average molecular weight is 440 g/mol. The minimum atomic E-state index is -3.63. The van der Waals surface area contributed by atoms with Gasteiger partial charge >= 0.3 is 0 Å². The van der Waals surface area contributed by atoms with Gasteiger partial charge in [0.15, 0.2) is 5.96 Å². The largest absolute Gasteiger partial charge is 0.370 e. The van der Waals surface area contributed by atoms with Gasteiger partial charge in [0, 0.05) is 13.1 Å². The Labute approximate surface area is 149 Å². The Morgan fingerprint density at radius 3 is 2.36 bits per heavy atom. The molecule has 0 spiro atoms. The Morgan fingerprint density at radius 2 is 1.86 bits per heavy atom. The molecule has 6 nitrogen and oxygen atoms in total. The molecule has 126 valence electrons. The minimum absolute atomic E-state index is 0. The van der Waals surface area contributed by atoms with E-state index in [0.29, 0.717) is 18.4 Å². The predicted octanol–water partition coefficient (Wildman–Crippen LogP) is 1.44. The van der Waals surface area contributed by atoms with Gasteiger partial charge in [-0.3, -0.25) is 4.99 Å². The van der Waals surface area contributed by atoms with Crippen LogP contribution in [0, 0.1) is 5.92 Å². The highest BCUT2D eigenvalue weighted by molar-refractivity contribution is 14.0. The molecule has 8 heteroatoms. The molecule has 5 N–H and O–H groups in total. The van der Waals surface area contributed by atoms with Crippen molar-refractivity contribution in [3.05, 3.63) is 29.8 Å². The molecule has 0 heterocycles. The fraction of sp³-hybridized carbons (Fsp3) is 0.500. The molecule has 0 amide bonds. The van der Waals surface area contributed by atoms with Crippen LogP contribution in [0.2, 0.25) is 0 Å². The Bertz CT molecular complexity index is 571. The molecule has 22 heavy (non-hydrogen) atoms. The van der Waals surface area contributed by atoms with Gasteiger partial charge in [-0.25, -0.2) is 13.6 Å². The van der Waals surface area contributed by atoms with Gasteiger partial charge in [0.1, 0.15) is 0 Å². The number of aliphatic imine (C=N–C) groups is 1. The molecular formula is C14H25IN4O2S. The fourth-order valence-corrected chi connectivity index (χ4v) is 2.20. The van der Waals surface area contributed by atoms with E-state index in [9.17, 15) is 8.42 Å². The van der Waals surface area contributed by atoms with Gasteiger partial charge in [-0.05, 0) is 36.5 Å². The van der Waals surface area contributed by atoms with Gasteiger partial charge in [-0.1, -0.05) is 26.0 Å². The van der Waals surface area contributed by atoms with Crippen molar-refractivity contribution in [3.63, 3.8) is 0 Å². The fourth-order valence-electron chi connectivity index (χ4n) is 1.68. The maximum atomic E-state index is 11.1. The van der Waals surface area contributed by atoms with E-state index in [4.69, 9.17) is 10.9 Å². The van der Waals surface area contributed by atoms with Crippen LogP contribution < -0.4 is 16.2 Å². The van der Waals surface area contributed by atoms with E-state index in [1.807, 2.05) is 0 Å². The molecule has 1 rings (SSSR count). The van der Waals surface area contributed by atoms with Gasteiger partial charge in [-0.2, -0.15) is 0 Å². The van der Waals surface area contributed by atoms with Crippen LogP contribution in [0.3, 0.4) is 0 Å². The Balaban J connectivity index is 0.00000441. The average Bonchev–Trinajstić information content (AvgIpc) is 2.38. The third kappa shape index (κ3) is 8.54. The zero-order valence-electron chi connectivity index (χ0n) is 13.0. The van der Waals surface area contributed by atoms with Gasteiger partial charge in [0.2, 0.25) is 10.0 Å². The highest BCUT2D eigenvalue weighted by atomic mass is 127. The van der Waals surface area contributed by atoms with Crippen LogP contribution >= 0.6 is 24.0 Å². The summed E-state index contributed by atoms with van der Waals surface area (Å²) in [6.45, 7) is 5.65. The number of sulfonamides is 1. The van der Waals surface area contributed by atoms with Crippen molar-refractivity contribution in [1.29, 1.82) is 0 Å². The van der Waals surface area contributed by atoms with Crippen molar-refractivity contribution >= 4 is 40.0 Å². The van der Waals surface area contributed by atoms with Crippen molar-refractivity contribution in [2.24, 2.45) is 21.8 Å². The number of nitrogens with one attached hydrogen (secondary N) is 1. The maximum absolute atomic E-state index is 11.1. The van der Waals surface area contributed by atoms with Crippen molar-refractivity contribution in [1.82, 2.24) is 5.32 Å². The molecule has 0 aliphatic carbocycles. The number of benzene rings is 1. The second-order valence-corrected chi connectivity index (χ2v) is 6.88. The third-order valence-corrected chi connectivity index (χ3v) is 3.89. The molecule has 0 unspecified atom stereocenters. The van der Waals surface area contributed by atoms with Crippen LogP contribution in [0.4, 0.5) is 0 Å². The summed E-state index contributed by atoms with van der Waals surface area (Å²) >= 11 is 0. The summed E-state index contributed by atoms with van der Waals surface area (Å²) in [5.41, 5.74) is 6.75. The molecule has 1 aromatic rings. The number of hydrogen-bond acceptors (Lipinski definition) is 3. The lowest BCUT2D eigenvalue weighted by atomic mass is 10.1. The number of halogens is 1. The number of primary sulfonamides is 1. The van der Waals surface area contributed by atoms with E-state index in [1.54, 1.807) is 12.1 Å². The number of nitrogens with zero attached hydrogens (tertiary/aromatic N) is 1. The lowest BCUT2D eigenvalue weighted by Gasteiger charge is -2.07. The summed E-state index contributed by atoms with van der Waals surface area (Å²) in [6, 6.07) is 6.50. The van der Waals surface area contributed by atoms with Crippen molar-refractivity contribution in [2.45, 2.75) is 31.6 Å². The highest BCUT2D eigenvalue weighted by Crippen LogP contribution is 2.08. The molecule has 0 aliphatic rings. The monoisotopic (exact) mass is 440 g/mol. The summed E-state index contributed by atoms with van der Waals surface area (Å²) in [7, 11) is -3.63. The number of rotatable bonds is 7. The van der Waals surface area contributed by atoms with Crippen LogP contribution in [-0.2, 0) is 16.4 Å². The smallest absolute Gasteiger partial charge is 0.238 e. The first-order valence-corrected chi connectivity index (χ1v) is 8.49. The van der Waals surface area contributed by atoms with Crippen LogP contribution in [0.15, 0.2) is 34.2 Å². The van der Waals surface area contributed by atoms with E-state index in [-0.39, 0.29) is 28.9 Å². The second kappa shape index (κ2) is 10.0. The van der Waals surface area contributed by atoms with Crippen molar-refractivity contribution < 1.29 is 8.42 Å². The minimum Gasteiger partial charge on any atom is -0.370 e. The Kier molecular flexibility index (Phi) is 9.61. The lowest BCUT2D eigenvalue weighted by molar-refractivity contribution is 0.595. The molecular weight excluding hydrogens is 415 g/mol. The maximum Gasteiger partial charge on any atom is 0.238 e. The van der Waals surface area contributed by atoms with E-state index >= 15 is 0 Å². The number of hydrogen-bond donors (Lipinski definition) is 3. The number of nitrogens with two attached hydrogens (primary N) is 2. The SMILES string of the molecule is CC(C)CCN=C(N)NCCc1ccc(S(N)(=O)=O)cc1.I. The normalized spacial score (nSPS) is 12.1. The van der Waals surface area contributed by atoms with Crippen molar-refractivity contribution in [3.8, 4) is 0 Å². The van der Waals surface area contributed by atoms with Crippen LogP contribution in [0.25, 0.3) is 0 Å². The van der Waals surface area contributed by atoms with Gasteiger partial charge in [0.25, 0.3) is 0 Å². The Hall–Kier alpha value is -0.870. The third-order valence-electron chi connectivity index (χ3n) is 2.96. The molecule has 0 aliphatic heterocycles. The molecule has 0 saturated carbocycles. The summed E-state index contributed by atoms with van der Waals surface area (Å²) in [5, 5.41) is 8.08. The van der Waals surface area contributed by atoms with Crippen LogP contribution in [0.1, 0.15) is 25.8 Å². The second-order valence-electron chi connectivity index (χ2n) is 5.32. The molecule has 0 aromatic heterocycles. The molecule has 0 bridgehead atoms. The van der Waals surface area contributed by atoms with E-state index in [1.165, 1.54) is 12.1 Å². The molecule has 0 atom stereocenters.